The average Bonchev–Trinajstić information content (AvgIpc) is 2.69. The third-order valence-corrected chi connectivity index (χ3v) is 3.29. The van der Waals surface area contributed by atoms with Crippen molar-refractivity contribution in [3.8, 4) is 0 Å². The predicted molar refractivity (Wildman–Crippen MR) is 74.4 cm³/mol. The Hall–Kier alpha value is -1.79. The molecule has 0 spiro atoms. The van der Waals surface area contributed by atoms with Crippen LogP contribution in [0.1, 0.15) is 16.8 Å². The number of ether oxygens (including phenoxy) is 1. The summed E-state index contributed by atoms with van der Waals surface area (Å²) in [5.74, 6) is -1.13. The van der Waals surface area contributed by atoms with Crippen LogP contribution in [0.15, 0.2) is 18.2 Å². The number of carbonyl (C=O) groups excluding carboxylic acids is 1. The van der Waals surface area contributed by atoms with Gasteiger partial charge in [0.2, 0.25) is 0 Å². The molecule has 0 bridgehead atoms. The highest BCUT2D eigenvalue weighted by Gasteiger charge is 2.17. The van der Waals surface area contributed by atoms with Crippen LogP contribution in [0.5, 0.6) is 0 Å². The summed E-state index contributed by atoms with van der Waals surface area (Å²) in [4.78, 5) is 24.7. The van der Waals surface area contributed by atoms with Crippen LogP contribution in [0.3, 0.4) is 0 Å². The molecule has 1 fully saturated rings. The van der Waals surface area contributed by atoms with Crippen LogP contribution in [0.25, 0.3) is 0 Å². The van der Waals surface area contributed by atoms with Crippen molar-refractivity contribution < 1.29 is 19.4 Å². The van der Waals surface area contributed by atoms with Crippen molar-refractivity contribution in [1.82, 2.24) is 4.90 Å². The molecule has 0 aliphatic carbocycles. The molecule has 1 heterocycles. The molecule has 0 aromatic heterocycles. The normalized spacial score (nSPS) is 15.6. The third-order valence-electron chi connectivity index (χ3n) is 2.96. The molecular weight excluding hydrogens is 284 g/mol. The molecule has 0 saturated carbocycles. The van der Waals surface area contributed by atoms with Gasteiger partial charge in [0.25, 0.3) is 0 Å². The first-order chi connectivity index (χ1) is 9.58. The Morgan fingerprint density at radius 3 is 2.85 bits per heavy atom. The number of aromatic carboxylic acids is 1. The van der Waals surface area contributed by atoms with Crippen LogP contribution in [-0.2, 0) is 4.74 Å². The third kappa shape index (κ3) is 3.61. The number of rotatable bonds is 2. The fraction of sp³-hybridized carbons (Fsp3) is 0.385. The highest BCUT2D eigenvalue weighted by Crippen LogP contribution is 2.21. The van der Waals surface area contributed by atoms with Crippen molar-refractivity contribution in [2.75, 3.05) is 31.6 Å². The van der Waals surface area contributed by atoms with Gasteiger partial charge in [0.05, 0.1) is 17.2 Å². The first-order valence-corrected chi connectivity index (χ1v) is 6.62. The van der Waals surface area contributed by atoms with Crippen LogP contribution >= 0.6 is 11.6 Å². The first-order valence-electron chi connectivity index (χ1n) is 6.24. The number of hydrogen-bond donors (Lipinski definition) is 2. The molecule has 0 unspecified atom stereocenters. The quantitative estimate of drug-likeness (QED) is 0.878. The summed E-state index contributed by atoms with van der Waals surface area (Å²) in [6.07, 6.45) is 0.786. The van der Waals surface area contributed by atoms with E-state index in [0.717, 1.165) is 6.42 Å². The number of nitrogens with zero attached hydrogens (tertiary/aromatic N) is 1. The minimum Gasteiger partial charge on any atom is -0.478 e. The van der Waals surface area contributed by atoms with E-state index in [4.69, 9.17) is 21.4 Å². The largest absolute Gasteiger partial charge is 0.478 e. The lowest BCUT2D eigenvalue weighted by Crippen LogP contribution is -2.36. The van der Waals surface area contributed by atoms with E-state index in [1.54, 1.807) is 11.0 Å². The molecule has 20 heavy (non-hydrogen) atoms. The van der Waals surface area contributed by atoms with E-state index in [1.165, 1.54) is 12.1 Å². The van der Waals surface area contributed by atoms with Gasteiger partial charge in [0.15, 0.2) is 0 Å². The summed E-state index contributed by atoms with van der Waals surface area (Å²) < 4.78 is 5.27. The standard InChI is InChI=1S/C13H15ClN2O4/c14-11-3-2-9(8-10(11)12(17)18)15-13(19)16-4-1-6-20-7-5-16/h2-3,8H,1,4-7H2,(H,15,19)(H,17,18). The maximum Gasteiger partial charge on any atom is 0.337 e. The van der Waals surface area contributed by atoms with Gasteiger partial charge in [-0.1, -0.05) is 11.6 Å². The number of urea groups is 1. The molecule has 1 aliphatic rings. The number of carboxylic acids is 1. The predicted octanol–water partition coefficient (Wildman–Crippen LogP) is 2.29. The lowest BCUT2D eigenvalue weighted by atomic mass is 10.2. The number of anilines is 1. The second-order valence-corrected chi connectivity index (χ2v) is 4.79. The topological polar surface area (TPSA) is 78.9 Å². The van der Waals surface area contributed by atoms with Crippen LogP contribution in [0.4, 0.5) is 10.5 Å². The highest BCUT2D eigenvalue weighted by molar-refractivity contribution is 6.33. The number of halogens is 1. The summed E-state index contributed by atoms with van der Waals surface area (Å²) in [6, 6.07) is 4.10. The minimum atomic E-state index is -1.13. The molecule has 0 atom stereocenters. The fourth-order valence-electron chi connectivity index (χ4n) is 1.92. The van der Waals surface area contributed by atoms with Gasteiger partial charge in [0.1, 0.15) is 0 Å². The van der Waals surface area contributed by atoms with E-state index in [0.29, 0.717) is 32.0 Å². The Morgan fingerprint density at radius 2 is 2.10 bits per heavy atom. The van der Waals surface area contributed by atoms with Gasteiger partial charge in [-0.25, -0.2) is 9.59 Å². The van der Waals surface area contributed by atoms with Gasteiger partial charge >= 0.3 is 12.0 Å². The summed E-state index contributed by atoms with van der Waals surface area (Å²) in [5, 5.41) is 11.8. The number of amides is 2. The average molecular weight is 299 g/mol. The van der Waals surface area contributed by atoms with E-state index in [1.807, 2.05) is 0 Å². The van der Waals surface area contributed by atoms with Crippen molar-refractivity contribution in [2.24, 2.45) is 0 Å². The van der Waals surface area contributed by atoms with Gasteiger partial charge in [-0.05, 0) is 24.6 Å². The van der Waals surface area contributed by atoms with E-state index in [2.05, 4.69) is 5.32 Å². The van der Waals surface area contributed by atoms with E-state index < -0.39 is 5.97 Å². The number of nitrogens with one attached hydrogen (secondary N) is 1. The molecule has 6 nitrogen and oxygen atoms in total. The molecule has 108 valence electrons. The zero-order valence-corrected chi connectivity index (χ0v) is 11.5. The van der Waals surface area contributed by atoms with Crippen molar-refractivity contribution in [3.63, 3.8) is 0 Å². The molecule has 2 amide bonds. The maximum absolute atomic E-state index is 12.1. The highest BCUT2D eigenvalue weighted by atomic mass is 35.5. The molecule has 0 radical (unpaired) electrons. The van der Waals surface area contributed by atoms with Gasteiger partial charge in [-0.2, -0.15) is 0 Å². The van der Waals surface area contributed by atoms with Crippen molar-refractivity contribution in [2.45, 2.75) is 6.42 Å². The number of benzene rings is 1. The number of hydrogen-bond acceptors (Lipinski definition) is 3. The van der Waals surface area contributed by atoms with Crippen molar-refractivity contribution in [1.29, 1.82) is 0 Å². The summed E-state index contributed by atoms with van der Waals surface area (Å²) >= 11 is 5.78. The molecule has 2 rings (SSSR count). The van der Waals surface area contributed by atoms with Crippen molar-refractivity contribution >= 4 is 29.3 Å². The maximum atomic E-state index is 12.1. The van der Waals surface area contributed by atoms with Crippen molar-refractivity contribution in [3.05, 3.63) is 28.8 Å². The lowest BCUT2D eigenvalue weighted by Gasteiger charge is -2.20. The molecule has 1 saturated heterocycles. The summed E-state index contributed by atoms with van der Waals surface area (Å²) in [7, 11) is 0. The Balaban J connectivity index is 2.07. The number of carboxylic acid groups (broad SMARTS) is 1. The second-order valence-electron chi connectivity index (χ2n) is 4.38. The second kappa shape index (κ2) is 6.58. The van der Waals surface area contributed by atoms with E-state index in [-0.39, 0.29) is 16.6 Å². The Morgan fingerprint density at radius 1 is 1.30 bits per heavy atom. The van der Waals surface area contributed by atoms with E-state index in [9.17, 15) is 9.59 Å². The summed E-state index contributed by atoms with van der Waals surface area (Å²) in [6.45, 7) is 2.29. The summed E-state index contributed by atoms with van der Waals surface area (Å²) in [5.41, 5.74) is 0.366. The zero-order valence-electron chi connectivity index (χ0n) is 10.8. The zero-order chi connectivity index (χ0) is 14.5. The SMILES string of the molecule is O=C(O)c1cc(NC(=O)N2CCCOCC2)ccc1Cl. The monoisotopic (exact) mass is 298 g/mol. The molecule has 1 aliphatic heterocycles. The molecular formula is C13H15ClN2O4. The Kier molecular flexibility index (Phi) is 4.81. The Labute approximate surface area is 121 Å². The molecule has 2 N–H and O–H groups in total. The molecule has 7 heteroatoms. The van der Waals surface area contributed by atoms with Crippen LogP contribution in [0, 0.1) is 0 Å². The molecule has 1 aromatic rings. The first kappa shape index (κ1) is 14.6. The van der Waals surface area contributed by atoms with Gasteiger partial charge in [0, 0.05) is 25.4 Å². The van der Waals surface area contributed by atoms with Crippen LogP contribution < -0.4 is 5.32 Å². The number of carbonyl (C=O) groups is 2. The molecule has 1 aromatic carbocycles. The Bertz CT molecular complexity index is 513. The van der Waals surface area contributed by atoms with Crippen LogP contribution in [-0.4, -0.2) is 48.3 Å². The van der Waals surface area contributed by atoms with Gasteiger partial charge in [-0.15, -0.1) is 0 Å². The fourth-order valence-corrected chi connectivity index (χ4v) is 2.12. The van der Waals surface area contributed by atoms with E-state index >= 15 is 0 Å². The smallest absolute Gasteiger partial charge is 0.337 e. The van der Waals surface area contributed by atoms with Gasteiger partial charge in [-0.3, -0.25) is 0 Å². The minimum absolute atomic E-state index is 0.0383. The lowest BCUT2D eigenvalue weighted by molar-refractivity contribution is 0.0697. The van der Waals surface area contributed by atoms with Gasteiger partial charge < -0.3 is 20.1 Å². The van der Waals surface area contributed by atoms with Crippen LogP contribution in [0.2, 0.25) is 5.02 Å².